The van der Waals surface area contributed by atoms with Gasteiger partial charge in [-0.05, 0) is 61.4 Å². The van der Waals surface area contributed by atoms with Crippen LogP contribution in [0.15, 0.2) is 82.2 Å². The molecule has 0 aliphatic carbocycles. The molecule has 13 heteroatoms. The molecule has 0 aromatic heterocycles. The normalized spacial score (nSPS) is 12.5. The predicted octanol–water partition coefficient (Wildman–Crippen LogP) is 6.65. The Bertz CT molecular complexity index is 1510. The van der Waals surface area contributed by atoms with E-state index in [1.165, 1.54) is 36.1 Å². The minimum Gasteiger partial charge on any atom is -0.354 e. The molecule has 0 bridgehead atoms. The molecule has 0 aliphatic rings. The molecule has 0 fully saturated rings. The van der Waals surface area contributed by atoms with Crippen molar-refractivity contribution in [2.24, 2.45) is 0 Å². The minimum absolute atomic E-state index is 0.0612. The fourth-order valence-corrected chi connectivity index (χ4v) is 6.18. The smallest absolute Gasteiger partial charge is 0.354 e. The Morgan fingerprint density at radius 1 is 1.02 bits per heavy atom. The highest BCUT2D eigenvalue weighted by molar-refractivity contribution is 9.10. The highest BCUT2D eigenvalue weighted by Gasteiger charge is 2.37. The van der Waals surface area contributed by atoms with Crippen LogP contribution in [0.3, 0.4) is 0 Å². The summed E-state index contributed by atoms with van der Waals surface area (Å²) in [6.45, 7) is 2.92. The van der Waals surface area contributed by atoms with Crippen molar-refractivity contribution in [3.63, 3.8) is 0 Å². The summed E-state index contributed by atoms with van der Waals surface area (Å²) in [5.74, 6) is -1.24. The van der Waals surface area contributed by atoms with Crippen LogP contribution in [0.4, 0.5) is 18.9 Å². The largest absolute Gasteiger partial charge is 0.417 e. The molecule has 1 N–H and O–H groups in total. The molecule has 42 heavy (non-hydrogen) atoms. The van der Waals surface area contributed by atoms with Crippen molar-refractivity contribution in [2.75, 3.05) is 17.4 Å². The van der Waals surface area contributed by atoms with Gasteiger partial charge in [-0.3, -0.25) is 13.9 Å². The van der Waals surface area contributed by atoms with Crippen molar-refractivity contribution in [1.29, 1.82) is 0 Å². The molecular formula is C29H30BrClF3N3O4S. The maximum absolute atomic E-state index is 13.9. The van der Waals surface area contributed by atoms with Crippen LogP contribution < -0.4 is 9.62 Å². The summed E-state index contributed by atoms with van der Waals surface area (Å²) < 4.78 is 70.0. The van der Waals surface area contributed by atoms with E-state index >= 15 is 0 Å². The molecule has 3 aromatic rings. The number of carbonyl (C=O) groups is 2. The Morgan fingerprint density at radius 2 is 1.71 bits per heavy atom. The number of rotatable bonds is 12. The van der Waals surface area contributed by atoms with Gasteiger partial charge < -0.3 is 10.2 Å². The van der Waals surface area contributed by atoms with Gasteiger partial charge in [0.2, 0.25) is 11.8 Å². The van der Waals surface area contributed by atoms with Crippen molar-refractivity contribution in [3.05, 3.63) is 93.4 Å². The number of sulfonamides is 1. The summed E-state index contributed by atoms with van der Waals surface area (Å²) in [5, 5.41) is 2.15. The lowest BCUT2D eigenvalue weighted by molar-refractivity contribution is -0.139. The number of anilines is 1. The van der Waals surface area contributed by atoms with Gasteiger partial charge in [-0.25, -0.2) is 8.42 Å². The van der Waals surface area contributed by atoms with Gasteiger partial charge in [0.1, 0.15) is 12.6 Å². The van der Waals surface area contributed by atoms with Crippen molar-refractivity contribution >= 4 is 55.1 Å². The highest BCUT2D eigenvalue weighted by atomic mass is 79.9. The first kappa shape index (κ1) is 33.4. The first-order chi connectivity index (χ1) is 19.8. The second kappa shape index (κ2) is 14.4. The van der Waals surface area contributed by atoms with Gasteiger partial charge in [0.15, 0.2) is 0 Å². The first-order valence-electron chi connectivity index (χ1n) is 13.0. The number of amides is 2. The van der Waals surface area contributed by atoms with Crippen molar-refractivity contribution in [2.45, 2.75) is 50.3 Å². The number of carbonyl (C=O) groups excluding carboxylic acids is 2. The van der Waals surface area contributed by atoms with Crippen LogP contribution >= 0.6 is 27.5 Å². The Morgan fingerprint density at radius 3 is 2.33 bits per heavy atom. The van der Waals surface area contributed by atoms with E-state index in [4.69, 9.17) is 11.6 Å². The number of nitrogens with zero attached hydrogens (tertiary/aromatic N) is 2. The predicted molar refractivity (Wildman–Crippen MR) is 159 cm³/mol. The fraction of sp³-hybridized carbons (Fsp3) is 0.310. The monoisotopic (exact) mass is 687 g/mol. The average Bonchev–Trinajstić information content (AvgIpc) is 2.94. The van der Waals surface area contributed by atoms with Gasteiger partial charge in [-0.1, -0.05) is 71.2 Å². The summed E-state index contributed by atoms with van der Waals surface area (Å²) in [6, 6.07) is 15.7. The quantitative estimate of drug-likeness (QED) is 0.216. The topological polar surface area (TPSA) is 86.8 Å². The Balaban J connectivity index is 2.08. The van der Waals surface area contributed by atoms with E-state index in [1.54, 1.807) is 30.3 Å². The number of alkyl halides is 3. The number of hydrogen-bond acceptors (Lipinski definition) is 4. The Labute approximate surface area is 256 Å². The van der Waals surface area contributed by atoms with Crippen LogP contribution in [0.25, 0.3) is 0 Å². The van der Waals surface area contributed by atoms with Gasteiger partial charge in [-0.15, -0.1) is 0 Å². The van der Waals surface area contributed by atoms with E-state index in [9.17, 15) is 31.2 Å². The summed E-state index contributed by atoms with van der Waals surface area (Å²) in [4.78, 5) is 27.9. The lowest BCUT2D eigenvalue weighted by Crippen LogP contribution is -2.51. The SMILES string of the molecule is CCCCNC(=O)C(C)N(Cc1cccc(Br)c1)C(=O)CN(c1ccc(Cl)c(C(F)(F)F)c1)S(=O)(=O)c1ccccc1. The molecule has 1 atom stereocenters. The van der Waals surface area contributed by atoms with Crippen molar-refractivity contribution in [1.82, 2.24) is 10.2 Å². The van der Waals surface area contributed by atoms with Crippen LogP contribution in [-0.4, -0.2) is 44.3 Å². The standard InChI is InChI=1S/C29H30BrClF3N3O4S/c1-3-4-15-35-28(39)20(2)36(18-21-9-8-10-22(30)16-21)27(38)19-37(42(40,41)24-11-6-5-7-12-24)23-13-14-26(31)25(17-23)29(32,33)34/h5-14,16-17,20H,3-4,15,18-19H2,1-2H3,(H,35,39). The Hall–Kier alpha value is -3.09. The van der Waals surface area contributed by atoms with Gasteiger partial charge in [0.05, 0.1) is 21.2 Å². The van der Waals surface area contributed by atoms with Gasteiger partial charge in [-0.2, -0.15) is 13.2 Å². The summed E-state index contributed by atoms with van der Waals surface area (Å²) in [7, 11) is -4.53. The molecule has 3 aromatic carbocycles. The molecule has 7 nitrogen and oxygen atoms in total. The van der Waals surface area contributed by atoms with Gasteiger partial charge in [0, 0.05) is 17.6 Å². The summed E-state index contributed by atoms with van der Waals surface area (Å²) >= 11 is 9.17. The molecule has 0 heterocycles. The van der Waals surface area contributed by atoms with Crippen LogP contribution in [0.2, 0.25) is 5.02 Å². The maximum Gasteiger partial charge on any atom is 0.417 e. The highest BCUT2D eigenvalue weighted by Crippen LogP contribution is 2.38. The molecule has 0 saturated heterocycles. The number of benzene rings is 3. The molecule has 2 amide bonds. The number of nitrogens with one attached hydrogen (secondary N) is 1. The zero-order chi connectivity index (χ0) is 31.1. The third-order valence-corrected chi connectivity index (χ3v) is 9.00. The van der Waals surface area contributed by atoms with E-state index in [0.29, 0.717) is 22.5 Å². The van der Waals surface area contributed by atoms with E-state index in [-0.39, 0.29) is 11.4 Å². The van der Waals surface area contributed by atoms with Crippen LogP contribution in [0.5, 0.6) is 0 Å². The molecule has 226 valence electrons. The number of hydrogen-bond donors (Lipinski definition) is 1. The third-order valence-electron chi connectivity index (χ3n) is 6.39. The van der Waals surface area contributed by atoms with E-state index in [1.807, 2.05) is 6.92 Å². The average molecular weight is 689 g/mol. The van der Waals surface area contributed by atoms with Crippen molar-refractivity contribution in [3.8, 4) is 0 Å². The van der Waals surface area contributed by atoms with Gasteiger partial charge >= 0.3 is 6.18 Å². The van der Waals surface area contributed by atoms with Crippen molar-refractivity contribution < 1.29 is 31.2 Å². The van der Waals surface area contributed by atoms with E-state index < -0.39 is 56.9 Å². The molecule has 0 aliphatic heterocycles. The molecule has 3 rings (SSSR count). The first-order valence-corrected chi connectivity index (χ1v) is 15.6. The fourth-order valence-electron chi connectivity index (χ4n) is 4.08. The maximum atomic E-state index is 13.9. The Kier molecular flexibility index (Phi) is 11.4. The molecule has 0 saturated carbocycles. The third kappa shape index (κ3) is 8.48. The lowest BCUT2D eigenvalue weighted by atomic mass is 10.1. The molecule has 0 spiro atoms. The van der Waals surface area contributed by atoms with Crippen LogP contribution in [-0.2, 0) is 32.3 Å². The van der Waals surface area contributed by atoms with E-state index in [2.05, 4.69) is 21.2 Å². The summed E-state index contributed by atoms with van der Waals surface area (Å²) in [5.41, 5.74) is -1.02. The molecular weight excluding hydrogens is 659 g/mol. The summed E-state index contributed by atoms with van der Waals surface area (Å²) in [6.07, 6.45) is -3.32. The second-order valence-corrected chi connectivity index (χ2v) is 12.6. The molecule has 1 unspecified atom stereocenters. The minimum atomic E-state index is -4.88. The van der Waals surface area contributed by atoms with Gasteiger partial charge in [0.25, 0.3) is 10.0 Å². The van der Waals surface area contributed by atoms with Crippen LogP contribution in [0.1, 0.15) is 37.8 Å². The number of halogens is 5. The second-order valence-electron chi connectivity index (χ2n) is 9.46. The zero-order valence-corrected chi connectivity index (χ0v) is 26.0. The lowest BCUT2D eigenvalue weighted by Gasteiger charge is -2.32. The zero-order valence-electron chi connectivity index (χ0n) is 22.9. The van der Waals surface area contributed by atoms with E-state index in [0.717, 1.165) is 29.4 Å². The van der Waals surface area contributed by atoms with Crippen LogP contribution in [0, 0.1) is 0 Å². The molecule has 0 radical (unpaired) electrons. The number of unbranched alkanes of at least 4 members (excludes halogenated alkanes) is 1.